The van der Waals surface area contributed by atoms with Gasteiger partial charge in [-0.1, -0.05) is 6.07 Å². The summed E-state index contributed by atoms with van der Waals surface area (Å²) < 4.78 is 21.0. The molecule has 0 aliphatic heterocycles. The quantitative estimate of drug-likeness (QED) is 0.332. The summed E-state index contributed by atoms with van der Waals surface area (Å²) in [4.78, 5) is 11.4. The molecule has 0 spiro atoms. The van der Waals surface area contributed by atoms with E-state index < -0.39 is 5.97 Å². The van der Waals surface area contributed by atoms with Crippen molar-refractivity contribution in [3.63, 3.8) is 0 Å². The Hall–Kier alpha value is -3.07. The van der Waals surface area contributed by atoms with Gasteiger partial charge in [-0.25, -0.2) is 4.79 Å². The van der Waals surface area contributed by atoms with E-state index in [0.717, 1.165) is 0 Å². The SMILES string of the molecule is COC(=O)c1ccc(COc2c(C=NNC(N)=S)cccc2OC)o1. The van der Waals surface area contributed by atoms with Gasteiger partial charge in [0.05, 0.1) is 20.4 Å². The van der Waals surface area contributed by atoms with Gasteiger partial charge in [0.15, 0.2) is 16.6 Å². The third-order valence-electron chi connectivity index (χ3n) is 3.01. The number of rotatable bonds is 7. The van der Waals surface area contributed by atoms with Crippen molar-refractivity contribution in [1.29, 1.82) is 0 Å². The second-order valence-corrected chi connectivity index (χ2v) is 5.10. The van der Waals surface area contributed by atoms with Crippen LogP contribution in [-0.4, -0.2) is 31.5 Å². The fourth-order valence-electron chi connectivity index (χ4n) is 1.92. The molecule has 1 aromatic heterocycles. The topological polar surface area (TPSA) is 108 Å². The number of nitrogens with one attached hydrogen (secondary N) is 1. The highest BCUT2D eigenvalue weighted by molar-refractivity contribution is 7.80. The largest absolute Gasteiger partial charge is 0.493 e. The Morgan fingerprint density at radius 3 is 2.84 bits per heavy atom. The van der Waals surface area contributed by atoms with Crippen LogP contribution in [0.3, 0.4) is 0 Å². The van der Waals surface area contributed by atoms with Crippen LogP contribution in [0.5, 0.6) is 11.5 Å². The lowest BCUT2D eigenvalue weighted by atomic mass is 10.2. The number of thiocarbonyl (C=S) groups is 1. The molecule has 3 N–H and O–H groups in total. The molecule has 9 heteroatoms. The number of esters is 1. The zero-order valence-electron chi connectivity index (χ0n) is 13.6. The predicted molar refractivity (Wildman–Crippen MR) is 94.9 cm³/mol. The first-order valence-electron chi connectivity index (χ1n) is 7.10. The van der Waals surface area contributed by atoms with E-state index in [0.29, 0.717) is 22.8 Å². The summed E-state index contributed by atoms with van der Waals surface area (Å²) in [5.41, 5.74) is 8.43. The minimum Gasteiger partial charge on any atom is -0.493 e. The lowest BCUT2D eigenvalue weighted by Crippen LogP contribution is -2.24. The van der Waals surface area contributed by atoms with Crippen molar-refractivity contribution in [1.82, 2.24) is 5.43 Å². The highest BCUT2D eigenvalue weighted by atomic mass is 32.1. The average Bonchev–Trinajstić information content (AvgIpc) is 3.08. The molecule has 132 valence electrons. The van der Waals surface area contributed by atoms with Crippen LogP contribution in [0.15, 0.2) is 39.9 Å². The number of nitrogens with two attached hydrogens (primary N) is 1. The molecule has 0 aliphatic rings. The molecule has 8 nitrogen and oxygen atoms in total. The minimum absolute atomic E-state index is 0.0486. The number of hydrazone groups is 1. The van der Waals surface area contributed by atoms with Gasteiger partial charge < -0.3 is 24.4 Å². The molecule has 0 saturated heterocycles. The number of carbonyl (C=O) groups excluding carboxylic acids is 1. The van der Waals surface area contributed by atoms with Gasteiger partial charge in [-0.2, -0.15) is 5.10 Å². The molecule has 0 aliphatic carbocycles. The molecule has 0 atom stereocenters. The van der Waals surface area contributed by atoms with Gasteiger partial charge in [0, 0.05) is 5.56 Å². The Bertz CT molecular complexity index is 788. The maximum absolute atomic E-state index is 11.4. The van der Waals surface area contributed by atoms with E-state index in [1.165, 1.54) is 26.5 Å². The predicted octanol–water partition coefficient (Wildman–Crippen LogP) is 1.82. The van der Waals surface area contributed by atoms with Crippen LogP contribution in [-0.2, 0) is 11.3 Å². The second-order valence-electron chi connectivity index (χ2n) is 4.66. The number of furan rings is 1. The summed E-state index contributed by atoms with van der Waals surface area (Å²) in [6, 6.07) is 8.46. The lowest BCUT2D eigenvalue weighted by molar-refractivity contribution is 0.0561. The fourth-order valence-corrected chi connectivity index (χ4v) is 1.98. The Morgan fingerprint density at radius 2 is 2.16 bits per heavy atom. The average molecular weight is 363 g/mol. The van der Waals surface area contributed by atoms with Crippen LogP contribution in [0.4, 0.5) is 0 Å². The number of hydrogen-bond donors (Lipinski definition) is 2. The highest BCUT2D eigenvalue weighted by Crippen LogP contribution is 2.31. The monoisotopic (exact) mass is 363 g/mol. The molecule has 1 aromatic carbocycles. The summed E-state index contributed by atoms with van der Waals surface area (Å²) in [7, 11) is 2.81. The number of benzene rings is 1. The molecule has 0 saturated carbocycles. The van der Waals surface area contributed by atoms with Gasteiger partial charge in [-0.05, 0) is 36.5 Å². The second kappa shape index (κ2) is 8.69. The molecule has 2 aromatic rings. The van der Waals surface area contributed by atoms with Crippen LogP contribution >= 0.6 is 12.2 Å². The summed E-state index contributed by atoms with van der Waals surface area (Å²) in [5.74, 6) is 0.966. The maximum Gasteiger partial charge on any atom is 0.373 e. The molecular formula is C16H17N3O5S. The summed E-state index contributed by atoms with van der Waals surface area (Å²) in [6.45, 7) is 0.0843. The Morgan fingerprint density at radius 1 is 1.36 bits per heavy atom. The Labute approximate surface area is 149 Å². The van der Waals surface area contributed by atoms with E-state index in [1.807, 2.05) is 0 Å². The van der Waals surface area contributed by atoms with Gasteiger partial charge >= 0.3 is 5.97 Å². The number of methoxy groups -OCH3 is 2. The fraction of sp³-hybridized carbons (Fsp3) is 0.188. The summed E-state index contributed by atoms with van der Waals surface area (Å²) in [5, 5.41) is 3.96. The molecule has 2 rings (SSSR count). The van der Waals surface area contributed by atoms with Crippen molar-refractivity contribution in [3.05, 3.63) is 47.4 Å². The molecule has 0 unspecified atom stereocenters. The third kappa shape index (κ3) is 4.95. The van der Waals surface area contributed by atoms with E-state index in [-0.39, 0.29) is 17.5 Å². The van der Waals surface area contributed by atoms with Crippen molar-refractivity contribution >= 4 is 29.5 Å². The van der Waals surface area contributed by atoms with Crippen molar-refractivity contribution in [2.24, 2.45) is 10.8 Å². The molecule has 0 bridgehead atoms. The van der Waals surface area contributed by atoms with Crippen molar-refractivity contribution in [2.75, 3.05) is 14.2 Å². The molecule has 25 heavy (non-hydrogen) atoms. The number of hydrogen-bond acceptors (Lipinski definition) is 7. The van der Waals surface area contributed by atoms with Gasteiger partial charge in [-0.3, -0.25) is 5.43 Å². The van der Waals surface area contributed by atoms with Crippen LogP contribution < -0.4 is 20.6 Å². The van der Waals surface area contributed by atoms with Crippen LogP contribution in [0.1, 0.15) is 21.9 Å². The number of ether oxygens (including phenoxy) is 3. The Balaban J connectivity index is 2.16. The van der Waals surface area contributed by atoms with E-state index in [4.69, 9.17) is 19.6 Å². The van der Waals surface area contributed by atoms with Crippen LogP contribution in [0.2, 0.25) is 0 Å². The van der Waals surface area contributed by atoms with Crippen LogP contribution in [0, 0.1) is 0 Å². The number of nitrogens with zero attached hydrogens (tertiary/aromatic N) is 1. The standard InChI is InChI=1S/C16H17N3O5S/c1-21-12-5-3-4-10(8-18-19-16(17)25)14(12)23-9-11-6-7-13(24-11)15(20)22-2/h3-8H,9H2,1-2H3,(H3,17,19,25). The van der Waals surface area contributed by atoms with Crippen molar-refractivity contribution in [3.8, 4) is 11.5 Å². The highest BCUT2D eigenvalue weighted by Gasteiger charge is 2.14. The molecule has 0 fully saturated rings. The number of para-hydroxylation sites is 1. The van der Waals surface area contributed by atoms with E-state index in [9.17, 15) is 4.79 Å². The maximum atomic E-state index is 11.4. The zero-order chi connectivity index (χ0) is 18.2. The minimum atomic E-state index is -0.555. The molecule has 1 heterocycles. The molecular weight excluding hydrogens is 346 g/mol. The summed E-state index contributed by atoms with van der Waals surface area (Å²) >= 11 is 4.69. The van der Waals surface area contributed by atoms with Crippen LogP contribution in [0.25, 0.3) is 0 Å². The zero-order valence-corrected chi connectivity index (χ0v) is 14.5. The Kier molecular flexibility index (Phi) is 6.35. The van der Waals surface area contributed by atoms with Crippen molar-refractivity contribution < 1.29 is 23.4 Å². The van der Waals surface area contributed by atoms with E-state index in [2.05, 4.69) is 27.5 Å². The van der Waals surface area contributed by atoms with Gasteiger partial charge in [-0.15, -0.1) is 0 Å². The first-order valence-corrected chi connectivity index (χ1v) is 7.51. The van der Waals surface area contributed by atoms with E-state index in [1.54, 1.807) is 24.3 Å². The lowest BCUT2D eigenvalue weighted by Gasteiger charge is -2.12. The first-order chi connectivity index (χ1) is 12.0. The van der Waals surface area contributed by atoms with Crippen molar-refractivity contribution in [2.45, 2.75) is 6.61 Å². The van der Waals surface area contributed by atoms with Gasteiger partial charge in [0.25, 0.3) is 0 Å². The third-order valence-corrected chi connectivity index (χ3v) is 3.11. The first kappa shape index (κ1) is 18.3. The molecule has 0 radical (unpaired) electrons. The smallest absolute Gasteiger partial charge is 0.373 e. The molecule has 0 amide bonds. The number of carbonyl (C=O) groups is 1. The van der Waals surface area contributed by atoms with Gasteiger partial charge in [0.2, 0.25) is 5.76 Å². The summed E-state index contributed by atoms with van der Waals surface area (Å²) in [6.07, 6.45) is 1.50. The normalized spacial score (nSPS) is 10.5. The van der Waals surface area contributed by atoms with Gasteiger partial charge in [0.1, 0.15) is 12.4 Å². The van der Waals surface area contributed by atoms with E-state index >= 15 is 0 Å².